The van der Waals surface area contributed by atoms with Gasteiger partial charge in [0.1, 0.15) is 0 Å². The number of methoxy groups -OCH3 is 3. The van der Waals surface area contributed by atoms with Crippen molar-refractivity contribution in [2.45, 2.75) is 25.3 Å². The predicted octanol–water partition coefficient (Wildman–Crippen LogP) is 3.75. The quantitative estimate of drug-likeness (QED) is 0.541. The van der Waals surface area contributed by atoms with Crippen LogP contribution in [0.4, 0.5) is 0 Å². The van der Waals surface area contributed by atoms with E-state index >= 15 is 0 Å². The molecule has 1 aromatic heterocycles. The van der Waals surface area contributed by atoms with E-state index in [4.69, 9.17) is 26.4 Å². The lowest BCUT2D eigenvalue weighted by Gasteiger charge is -2.37. The lowest BCUT2D eigenvalue weighted by atomic mass is 9.97. The highest BCUT2D eigenvalue weighted by molar-refractivity contribution is 7.80. The van der Waals surface area contributed by atoms with Crippen molar-refractivity contribution >= 4 is 29.3 Å². The minimum Gasteiger partial charge on any atom is -0.493 e. The van der Waals surface area contributed by atoms with E-state index in [1.807, 2.05) is 18.3 Å². The van der Waals surface area contributed by atoms with Crippen molar-refractivity contribution in [3.63, 3.8) is 0 Å². The van der Waals surface area contributed by atoms with Gasteiger partial charge in [0.05, 0.1) is 27.4 Å². The number of nitrogens with one attached hydrogen (secondary N) is 1. The zero-order chi connectivity index (χ0) is 22.2. The third kappa shape index (κ3) is 5.52. The topological polar surface area (TPSA) is 72.9 Å². The molecule has 1 saturated heterocycles. The molecule has 1 atom stereocenters. The number of likely N-dealkylation sites (tertiary alicyclic amines) is 1. The molecule has 0 aliphatic carbocycles. The van der Waals surface area contributed by atoms with Crippen molar-refractivity contribution in [2.24, 2.45) is 0 Å². The summed E-state index contributed by atoms with van der Waals surface area (Å²) in [6.07, 6.45) is 9.86. The van der Waals surface area contributed by atoms with Crippen molar-refractivity contribution in [1.29, 1.82) is 0 Å². The highest BCUT2D eigenvalue weighted by Crippen LogP contribution is 2.38. The molecule has 31 heavy (non-hydrogen) atoms. The van der Waals surface area contributed by atoms with Gasteiger partial charge in [0.25, 0.3) is 0 Å². The minimum atomic E-state index is -0.297. The first kappa shape index (κ1) is 22.6. The minimum absolute atomic E-state index is 0.120. The molecule has 1 amide bonds. The monoisotopic (exact) mass is 441 g/mol. The van der Waals surface area contributed by atoms with E-state index in [2.05, 4.69) is 15.2 Å². The third-order valence-electron chi connectivity index (χ3n) is 5.18. The van der Waals surface area contributed by atoms with Crippen molar-refractivity contribution < 1.29 is 19.0 Å². The molecule has 0 radical (unpaired) electrons. The molecule has 0 saturated carbocycles. The Morgan fingerprint density at radius 2 is 1.94 bits per heavy atom. The van der Waals surface area contributed by atoms with Gasteiger partial charge in [-0.15, -0.1) is 0 Å². The number of piperidine rings is 1. The maximum atomic E-state index is 12.5. The number of hydrogen-bond donors (Lipinski definition) is 1. The van der Waals surface area contributed by atoms with Crippen LogP contribution in [0.15, 0.2) is 42.7 Å². The number of benzene rings is 1. The van der Waals surface area contributed by atoms with E-state index in [1.54, 1.807) is 45.7 Å². The van der Waals surface area contributed by atoms with Gasteiger partial charge in [-0.25, -0.2) is 0 Å². The fourth-order valence-electron chi connectivity index (χ4n) is 3.68. The fraction of sp³-hybridized carbons (Fsp3) is 0.348. The lowest BCUT2D eigenvalue weighted by molar-refractivity contribution is -0.115. The number of hydrogen-bond acceptors (Lipinski definition) is 6. The fourth-order valence-corrected chi connectivity index (χ4v) is 4.00. The Labute approximate surface area is 188 Å². The standard InChI is InChI=1S/C23H27N3O4S/c1-28-19-13-16(14-20(29-2)22(19)30-3)9-10-21(27)25-23(31)26-12-5-4-8-18(26)17-7-6-11-24-15-17/h6-7,9-11,13-15,18H,4-5,8,12H2,1-3H3,(H,25,27,31)/b10-9+/t18-/m1/s1. The average Bonchev–Trinajstić information content (AvgIpc) is 2.82. The van der Waals surface area contributed by atoms with Gasteiger partial charge in [0.15, 0.2) is 16.6 Å². The van der Waals surface area contributed by atoms with Gasteiger partial charge in [-0.1, -0.05) is 6.07 Å². The second kappa shape index (κ2) is 10.8. The molecule has 2 heterocycles. The molecular weight excluding hydrogens is 414 g/mol. The van der Waals surface area contributed by atoms with E-state index in [0.717, 1.165) is 36.9 Å². The number of thiocarbonyl (C=S) groups is 1. The molecule has 0 unspecified atom stereocenters. The first-order chi connectivity index (χ1) is 15.1. The van der Waals surface area contributed by atoms with Gasteiger partial charge in [0, 0.05) is 25.0 Å². The summed E-state index contributed by atoms with van der Waals surface area (Å²) < 4.78 is 16.0. The molecule has 3 rings (SSSR count). The van der Waals surface area contributed by atoms with Gasteiger partial charge in [-0.2, -0.15) is 0 Å². The Kier molecular flexibility index (Phi) is 7.83. The summed E-state index contributed by atoms with van der Waals surface area (Å²) >= 11 is 5.55. The number of ether oxygens (including phenoxy) is 3. The first-order valence-corrected chi connectivity index (χ1v) is 10.5. The summed E-state index contributed by atoms with van der Waals surface area (Å²) in [6, 6.07) is 7.63. The number of aromatic nitrogens is 1. The maximum absolute atomic E-state index is 12.5. The second-order valence-electron chi connectivity index (χ2n) is 7.08. The second-order valence-corrected chi connectivity index (χ2v) is 7.46. The summed E-state index contributed by atoms with van der Waals surface area (Å²) in [5.74, 6) is 1.24. The van der Waals surface area contributed by atoms with Crippen LogP contribution >= 0.6 is 12.2 Å². The van der Waals surface area contributed by atoms with Gasteiger partial charge in [-0.05, 0) is 66.9 Å². The van der Waals surface area contributed by atoms with Crippen LogP contribution in [0.3, 0.4) is 0 Å². The number of carbonyl (C=O) groups is 1. The van der Waals surface area contributed by atoms with Gasteiger partial charge in [-0.3, -0.25) is 15.1 Å². The summed E-state index contributed by atoms with van der Waals surface area (Å²) in [6.45, 7) is 0.801. The molecular formula is C23H27N3O4S. The van der Waals surface area contributed by atoms with Crippen molar-refractivity contribution in [3.8, 4) is 17.2 Å². The summed E-state index contributed by atoms with van der Waals surface area (Å²) in [5.41, 5.74) is 1.84. The molecule has 1 aliphatic heterocycles. The Hall–Kier alpha value is -3.13. The van der Waals surface area contributed by atoms with E-state index < -0.39 is 0 Å². The highest BCUT2D eigenvalue weighted by Gasteiger charge is 2.26. The van der Waals surface area contributed by atoms with Crippen LogP contribution in [-0.4, -0.2) is 48.8 Å². The molecule has 1 fully saturated rings. The number of nitrogens with zero attached hydrogens (tertiary/aromatic N) is 2. The normalized spacial score (nSPS) is 16.1. The predicted molar refractivity (Wildman–Crippen MR) is 123 cm³/mol. The van der Waals surface area contributed by atoms with Crippen molar-refractivity contribution in [1.82, 2.24) is 15.2 Å². The molecule has 7 nitrogen and oxygen atoms in total. The largest absolute Gasteiger partial charge is 0.493 e. The van der Waals surface area contributed by atoms with Crippen LogP contribution in [0.2, 0.25) is 0 Å². The number of rotatable bonds is 6. The van der Waals surface area contributed by atoms with Crippen LogP contribution in [-0.2, 0) is 4.79 Å². The lowest BCUT2D eigenvalue weighted by Crippen LogP contribution is -2.46. The Balaban J connectivity index is 1.70. The average molecular weight is 442 g/mol. The molecule has 1 aromatic carbocycles. The summed E-state index contributed by atoms with van der Waals surface area (Å²) in [4.78, 5) is 18.8. The third-order valence-corrected chi connectivity index (χ3v) is 5.51. The molecule has 164 valence electrons. The molecule has 0 spiro atoms. The number of pyridine rings is 1. The van der Waals surface area contributed by atoms with E-state index in [9.17, 15) is 4.79 Å². The number of carbonyl (C=O) groups excluding carboxylic acids is 1. The van der Waals surface area contributed by atoms with E-state index in [0.29, 0.717) is 22.4 Å². The SMILES string of the molecule is COc1cc(/C=C/C(=O)NC(=S)N2CCCC[C@@H]2c2cccnc2)cc(OC)c1OC. The van der Waals surface area contributed by atoms with Crippen LogP contribution < -0.4 is 19.5 Å². The van der Waals surface area contributed by atoms with Gasteiger partial charge < -0.3 is 19.1 Å². The highest BCUT2D eigenvalue weighted by atomic mass is 32.1. The Morgan fingerprint density at radius 1 is 1.19 bits per heavy atom. The smallest absolute Gasteiger partial charge is 0.250 e. The zero-order valence-electron chi connectivity index (χ0n) is 18.0. The number of amides is 1. The van der Waals surface area contributed by atoms with Gasteiger partial charge in [0.2, 0.25) is 11.7 Å². The van der Waals surface area contributed by atoms with Crippen LogP contribution in [0.1, 0.15) is 36.4 Å². The molecule has 1 aliphatic rings. The van der Waals surface area contributed by atoms with Crippen molar-refractivity contribution in [2.75, 3.05) is 27.9 Å². The maximum Gasteiger partial charge on any atom is 0.250 e. The summed E-state index contributed by atoms with van der Waals surface area (Å²) in [5, 5.41) is 3.25. The van der Waals surface area contributed by atoms with Gasteiger partial charge >= 0.3 is 0 Å². The molecule has 0 bridgehead atoms. The summed E-state index contributed by atoms with van der Waals surface area (Å²) in [7, 11) is 4.64. The van der Waals surface area contributed by atoms with Crippen LogP contribution in [0, 0.1) is 0 Å². The van der Waals surface area contributed by atoms with Crippen LogP contribution in [0.25, 0.3) is 6.08 Å². The molecule has 2 aromatic rings. The molecule has 8 heteroatoms. The van der Waals surface area contributed by atoms with Crippen LogP contribution in [0.5, 0.6) is 17.2 Å². The Bertz CT molecular complexity index is 924. The van der Waals surface area contributed by atoms with E-state index in [1.165, 1.54) is 6.08 Å². The van der Waals surface area contributed by atoms with Crippen molar-refractivity contribution in [3.05, 3.63) is 53.9 Å². The zero-order valence-corrected chi connectivity index (χ0v) is 18.8. The van der Waals surface area contributed by atoms with E-state index in [-0.39, 0.29) is 11.9 Å². The first-order valence-electron chi connectivity index (χ1n) is 10.1. The Morgan fingerprint density at radius 3 is 2.55 bits per heavy atom. The molecule has 1 N–H and O–H groups in total.